The average molecular weight is 420 g/mol. The first kappa shape index (κ1) is 19.4. The number of thioether (sulfide) groups is 1. The Hall–Kier alpha value is -1.92. The predicted octanol–water partition coefficient (Wildman–Crippen LogP) is 6.67. The van der Waals surface area contributed by atoms with Crippen LogP contribution in [-0.4, -0.2) is 14.8 Å². The first-order chi connectivity index (χ1) is 13.6. The summed E-state index contributed by atoms with van der Waals surface area (Å²) in [6.45, 7) is 0. The van der Waals surface area contributed by atoms with E-state index in [4.69, 9.17) is 11.6 Å². The molecule has 7 heteroatoms. The van der Waals surface area contributed by atoms with E-state index >= 15 is 0 Å². The van der Waals surface area contributed by atoms with E-state index in [0.29, 0.717) is 27.7 Å². The molecule has 0 spiro atoms. The lowest BCUT2D eigenvalue weighted by Crippen LogP contribution is -2.15. The third-order valence-corrected chi connectivity index (χ3v) is 6.29. The van der Waals surface area contributed by atoms with Crippen molar-refractivity contribution < 1.29 is 8.78 Å². The summed E-state index contributed by atoms with van der Waals surface area (Å²) in [7, 11) is 0. The van der Waals surface area contributed by atoms with Crippen molar-refractivity contribution in [1.29, 1.82) is 0 Å². The molecule has 1 aliphatic carbocycles. The van der Waals surface area contributed by atoms with E-state index < -0.39 is 0 Å². The fraction of sp³-hybridized carbons (Fsp3) is 0.333. The quantitative estimate of drug-likeness (QED) is 0.432. The van der Waals surface area contributed by atoms with Crippen LogP contribution in [0.15, 0.2) is 47.6 Å². The molecule has 3 aromatic rings. The number of halogens is 3. The monoisotopic (exact) mass is 419 g/mol. The first-order valence-corrected chi connectivity index (χ1v) is 10.8. The minimum atomic E-state index is -0.325. The highest BCUT2D eigenvalue weighted by Gasteiger charge is 2.24. The molecule has 0 radical (unpaired) electrons. The Labute approximate surface area is 172 Å². The van der Waals surface area contributed by atoms with Crippen molar-refractivity contribution in [2.75, 3.05) is 0 Å². The Morgan fingerprint density at radius 2 is 1.86 bits per heavy atom. The van der Waals surface area contributed by atoms with Gasteiger partial charge in [-0.2, -0.15) is 0 Å². The lowest BCUT2D eigenvalue weighted by Gasteiger charge is -2.25. The molecule has 0 unspecified atom stereocenters. The molecule has 1 fully saturated rings. The fourth-order valence-corrected chi connectivity index (χ4v) is 4.80. The van der Waals surface area contributed by atoms with Crippen LogP contribution in [0.4, 0.5) is 8.78 Å². The second-order valence-electron chi connectivity index (χ2n) is 7.00. The van der Waals surface area contributed by atoms with Gasteiger partial charge in [0.25, 0.3) is 0 Å². The first-order valence-electron chi connectivity index (χ1n) is 9.39. The van der Waals surface area contributed by atoms with Gasteiger partial charge in [-0.3, -0.25) is 4.57 Å². The van der Waals surface area contributed by atoms with Gasteiger partial charge in [0.15, 0.2) is 11.0 Å². The van der Waals surface area contributed by atoms with Crippen LogP contribution in [0, 0.1) is 11.6 Å². The van der Waals surface area contributed by atoms with Crippen molar-refractivity contribution in [1.82, 2.24) is 14.8 Å². The second-order valence-corrected chi connectivity index (χ2v) is 8.38. The summed E-state index contributed by atoms with van der Waals surface area (Å²) in [6.07, 6.45) is 5.63. The number of nitrogens with zero attached hydrogens (tertiary/aromatic N) is 3. The largest absolute Gasteiger partial charge is 0.299 e. The van der Waals surface area contributed by atoms with Crippen LogP contribution >= 0.6 is 23.4 Å². The molecule has 1 aliphatic rings. The summed E-state index contributed by atoms with van der Waals surface area (Å²) in [5, 5.41) is 9.84. The zero-order valence-electron chi connectivity index (χ0n) is 15.2. The molecular weight excluding hydrogens is 400 g/mol. The summed E-state index contributed by atoms with van der Waals surface area (Å²) in [4.78, 5) is 0. The molecule has 2 aromatic carbocycles. The van der Waals surface area contributed by atoms with Gasteiger partial charge in [0, 0.05) is 22.4 Å². The van der Waals surface area contributed by atoms with Crippen LogP contribution in [-0.2, 0) is 5.75 Å². The minimum Gasteiger partial charge on any atom is -0.299 e. The number of hydrogen-bond donors (Lipinski definition) is 0. The van der Waals surface area contributed by atoms with Crippen molar-refractivity contribution in [2.45, 2.75) is 49.1 Å². The smallest absolute Gasteiger partial charge is 0.192 e. The van der Waals surface area contributed by atoms with Crippen LogP contribution in [0.3, 0.4) is 0 Å². The topological polar surface area (TPSA) is 30.7 Å². The molecule has 146 valence electrons. The van der Waals surface area contributed by atoms with Crippen LogP contribution in [0.25, 0.3) is 11.4 Å². The number of benzene rings is 2. The molecule has 1 aromatic heterocycles. The molecule has 0 amide bonds. The lowest BCUT2D eigenvalue weighted by atomic mass is 9.95. The summed E-state index contributed by atoms with van der Waals surface area (Å²) in [6, 6.07) is 11.4. The van der Waals surface area contributed by atoms with Crippen molar-refractivity contribution in [3.05, 3.63) is 64.7 Å². The molecule has 1 heterocycles. The molecule has 1 saturated carbocycles. The molecule has 0 saturated heterocycles. The Morgan fingerprint density at radius 1 is 1.04 bits per heavy atom. The van der Waals surface area contributed by atoms with Gasteiger partial charge in [-0.1, -0.05) is 60.8 Å². The Kier molecular flexibility index (Phi) is 5.97. The van der Waals surface area contributed by atoms with E-state index in [9.17, 15) is 8.78 Å². The van der Waals surface area contributed by atoms with E-state index in [1.165, 1.54) is 36.4 Å². The average Bonchev–Trinajstić information content (AvgIpc) is 3.12. The Morgan fingerprint density at radius 3 is 2.61 bits per heavy atom. The van der Waals surface area contributed by atoms with Crippen LogP contribution < -0.4 is 0 Å². The molecule has 3 nitrogen and oxygen atoms in total. The molecule has 0 N–H and O–H groups in total. The summed E-state index contributed by atoms with van der Waals surface area (Å²) in [5.74, 6) is 0.476. The minimum absolute atomic E-state index is 0.277. The Bertz CT molecular complexity index is 970. The maximum absolute atomic E-state index is 14.1. The van der Waals surface area contributed by atoms with Gasteiger partial charge in [0.2, 0.25) is 0 Å². The molecular formula is C21H20ClF2N3S. The van der Waals surface area contributed by atoms with E-state index in [1.54, 1.807) is 18.2 Å². The zero-order valence-corrected chi connectivity index (χ0v) is 16.8. The van der Waals surface area contributed by atoms with Gasteiger partial charge in [0.1, 0.15) is 11.6 Å². The summed E-state index contributed by atoms with van der Waals surface area (Å²) >= 11 is 7.29. The summed E-state index contributed by atoms with van der Waals surface area (Å²) < 4.78 is 30.0. The van der Waals surface area contributed by atoms with Crippen LogP contribution in [0.1, 0.15) is 43.7 Å². The molecule has 0 bridgehead atoms. The van der Waals surface area contributed by atoms with Gasteiger partial charge in [-0.25, -0.2) is 8.78 Å². The maximum Gasteiger partial charge on any atom is 0.192 e. The number of hydrogen-bond acceptors (Lipinski definition) is 3. The highest BCUT2D eigenvalue weighted by molar-refractivity contribution is 7.98. The number of aromatic nitrogens is 3. The van der Waals surface area contributed by atoms with Crippen molar-refractivity contribution in [2.24, 2.45) is 0 Å². The van der Waals surface area contributed by atoms with Crippen molar-refractivity contribution in [3.63, 3.8) is 0 Å². The fourth-order valence-electron chi connectivity index (χ4n) is 3.65. The van der Waals surface area contributed by atoms with Crippen molar-refractivity contribution in [3.8, 4) is 11.4 Å². The third-order valence-electron chi connectivity index (χ3n) is 5.06. The van der Waals surface area contributed by atoms with Gasteiger partial charge in [-0.05, 0) is 42.7 Å². The van der Waals surface area contributed by atoms with E-state index in [0.717, 1.165) is 30.8 Å². The Balaban J connectivity index is 1.66. The third kappa shape index (κ3) is 4.23. The summed E-state index contributed by atoms with van der Waals surface area (Å²) in [5.41, 5.74) is 1.28. The van der Waals surface area contributed by atoms with E-state index in [-0.39, 0.29) is 17.7 Å². The molecule has 28 heavy (non-hydrogen) atoms. The van der Waals surface area contributed by atoms with E-state index in [2.05, 4.69) is 14.8 Å². The van der Waals surface area contributed by atoms with E-state index in [1.807, 2.05) is 6.07 Å². The van der Waals surface area contributed by atoms with Crippen molar-refractivity contribution >= 4 is 23.4 Å². The van der Waals surface area contributed by atoms with Crippen LogP contribution in [0.5, 0.6) is 0 Å². The van der Waals surface area contributed by atoms with Gasteiger partial charge < -0.3 is 0 Å². The zero-order chi connectivity index (χ0) is 19.5. The van der Waals surface area contributed by atoms with Gasteiger partial charge >= 0.3 is 0 Å². The lowest BCUT2D eigenvalue weighted by molar-refractivity contribution is 0.339. The molecule has 4 rings (SSSR count). The van der Waals surface area contributed by atoms with Crippen LogP contribution in [0.2, 0.25) is 5.02 Å². The molecule has 0 atom stereocenters. The van der Waals surface area contributed by atoms with Gasteiger partial charge in [0.05, 0.1) is 0 Å². The second kappa shape index (κ2) is 8.62. The molecule has 0 aliphatic heterocycles. The maximum atomic E-state index is 14.1. The highest BCUT2D eigenvalue weighted by atomic mass is 35.5. The highest BCUT2D eigenvalue weighted by Crippen LogP contribution is 2.36. The SMILES string of the molecule is Fc1cccc(-c2nnc(SCc3ccc(Cl)cc3F)n2C2CCCCC2)c1. The van der Waals surface area contributed by atoms with Gasteiger partial charge in [-0.15, -0.1) is 10.2 Å². The number of rotatable bonds is 5. The normalized spacial score (nSPS) is 15.1. The standard InChI is InChI=1S/C21H20ClF2N3S/c22-16-10-9-15(19(24)12-16)13-28-21-26-25-20(14-5-4-6-17(23)11-14)27(21)18-7-2-1-3-8-18/h4-6,9-12,18H,1-3,7-8,13H2. The predicted molar refractivity (Wildman–Crippen MR) is 109 cm³/mol.